The van der Waals surface area contributed by atoms with Gasteiger partial charge in [0.2, 0.25) is 0 Å². The molecule has 7 heteroatoms. The highest BCUT2D eigenvalue weighted by Crippen LogP contribution is 2.21. The second-order valence-corrected chi connectivity index (χ2v) is 4.76. The minimum Gasteiger partial charge on any atom is -0.265 e. The van der Waals surface area contributed by atoms with Crippen molar-refractivity contribution in [2.45, 2.75) is 13.0 Å². The molecule has 0 amide bonds. The lowest BCUT2D eigenvalue weighted by atomic mass is 10.1. The summed E-state index contributed by atoms with van der Waals surface area (Å²) in [6, 6.07) is 2.66. The molecule has 0 bridgehead atoms. The van der Waals surface area contributed by atoms with E-state index in [2.05, 4.69) is 4.18 Å². The molecule has 1 aromatic carbocycles. The van der Waals surface area contributed by atoms with Crippen LogP contribution in [0.3, 0.4) is 0 Å². The van der Waals surface area contributed by atoms with Crippen molar-refractivity contribution < 1.29 is 25.8 Å². The van der Waals surface area contributed by atoms with Crippen molar-refractivity contribution in [1.29, 1.82) is 0 Å². The van der Waals surface area contributed by atoms with E-state index in [0.717, 1.165) is 24.5 Å². The van der Waals surface area contributed by atoms with Gasteiger partial charge in [0.05, 0.1) is 12.9 Å². The van der Waals surface area contributed by atoms with Crippen molar-refractivity contribution in [2.75, 3.05) is 6.26 Å². The van der Waals surface area contributed by atoms with Crippen LogP contribution in [0.1, 0.15) is 17.6 Å². The first kappa shape index (κ1) is 13.0. The standard InChI is InChI=1S/C9H9F3O3S/c1-16(13,14)15-5-7-4-6(9(11)12)2-3-8(7)10/h2-4,9H,5H2,1H3. The van der Waals surface area contributed by atoms with Crippen molar-refractivity contribution in [2.24, 2.45) is 0 Å². The average molecular weight is 254 g/mol. The lowest BCUT2D eigenvalue weighted by molar-refractivity contribution is 0.151. The molecule has 0 saturated heterocycles. The Bertz CT molecular complexity index is 471. The number of hydrogen-bond acceptors (Lipinski definition) is 3. The smallest absolute Gasteiger partial charge is 0.264 e. The van der Waals surface area contributed by atoms with Crippen LogP contribution in [0.5, 0.6) is 0 Å². The molecule has 0 unspecified atom stereocenters. The summed E-state index contributed by atoms with van der Waals surface area (Å²) in [5.74, 6) is -0.784. The molecule has 1 aromatic rings. The Morgan fingerprint density at radius 3 is 2.50 bits per heavy atom. The van der Waals surface area contributed by atoms with Crippen LogP contribution in [0.4, 0.5) is 13.2 Å². The van der Waals surface area contributed by atoms with Crippen LogP contribution in [0.15, 0.2) is 18.2 Å². The molecular formula is C9H9F3O3S. The van der Waals surface area contributed by atoms with E-state index in [0.29, 0.717) is 0 Å². The van der Waals surface area contributed by atoms with Gasteiger partial charge in [0, 0.05) is 11.1 Å². The Hall–Kier alpha value is -1.08. The maximum atomic E-state index is 13.1. The minimum atomic E-state index is -3.73. The van der Waals surface area contributed by atoms with Crippen molar-refractivity contribution in [3.05, 3.63) is 35.1 Å². The summed E-state index contributed by atoms with van der Waals surface area (Å²) in [5.41, 5.74) is -0.600. The van der Waals surface area contributed by atoms with Crippen LogP contribution < -0.4 is 0 Å². The molecule has 0 aliphatic carbocycles. The van der Waals surface area contributed by atoms with E-state index in [4.69, 9.17) is 0 Å². The van der Waals surface area contributed by atoms with E-state index in [1.807, 2.05) is 0 Å². The van der Waals surface area contributed by atoms with Crippen molar-refractivity contribution in [3.8, 4) is 0 Å². The van der Waals surface area contributed by atoms with Gasteiger partial charge in [-0.15, -0.1) is 0 Å². The first-order valence-electron chi connectivity index (χ1n) is 4.20. The molecule has 16 heavy (non-hydrogen) atoms. The van der Waals surface area contributed by atoms with Crippen LogP contribution in [0.25, 0.3) is 0 Å². The summed E-state index contributed by atoms with van der Waals surface area (Å²) < 4.78 is 63.2. The SMILES string of the molecule is CS(=O)(=O)OCc1cc(C(F)F)ccc1F. The predicted molar refractivity (Wildman–Crippen MR) is 51.0 cm³/mol. The number of hydrogen-bond donors (Lipinski definition) is 0. The number of alkyl halides is 2. The van der Waals surface area contributed by atoms with Gasteiger partial charge in [-0.05, 0) is 12.1 Å². The number of halogens is 3. The molecular weight excluding hydrogens is 245 g/mol. The van der Waals surface area contributed by atoms with Gasteiger partial charge in [-0.2, -0.15) is 8.42 Å². The zero-order valence-corrected chi connectivity index (χ0v) is 9.10. The van der Waals surface area contributed by atoms with Crippen LogP contribution in [0.2, 0.25) is 0 Å². The summed E-state index contributed by atoms with van der Waals surface area (Å²) >= 11 is 0. The largest absolute Gasteiger partial charge is 0.265 e. The third-order valence-electron chi connectivity index (χ3n) is 1.75. The topological polar surface area (TPSA) is 43.4 Å². The molecule has 0 aromatic heterocycles. The van der Waals surface area contributed by atoms with Crippen LogP contribution in [0, 0.1) is 5.82 Å². The Labute approximate surface area is 91.0 Å². The summed E-state index contributed by atoms with van der Waals surface area (Å²) in [4.78, 5) is 0. The summed E-state index contributed by atoms with van der Waals surface area (Å²) in [6.07, 6.45) is -1.94. The Morgan fingerprint density at radius 1 is 1.38 bits per heavy atom. The molecule has 0 N–H and O–H groups in total. The van der Waals surface area contributed by atoms with Gasteiger partial charge in [0.15, 0.2) is 0 Å². The highest BCUT2D eigenvalue weighted by atomic mass is 32.2. The van der Waals surface area contributed by atoms with E-state index in [1.165, 1.54) is 0 Å². The molecule has 0 aliphatic heterocycles. The second kappa shape index (κ2) is 4.84. The molecule has 0 atom stereocenters. The first-order valence-corrected chi connectivity index (χ1v) is 6.02. The van der Waals surface area contributed by atoms with E-state index in [1.54, 1.807) is 0 Å². The number of rotatable bonds is 4. The molecule has 3 nitrogen and oxygen atoms in total. The predicted octanol–water partition coefficient (Wildman–Crippen LogP) is 2.24. The first-order chi connectivity index (χ1) is 7.29. The maximum absolute atomic E-state index is 13.1. The lowest BCUT2D eigenvalue weighted by Crippen LogP contribution is -2.04. The third kappa shape index (κ3) is 3.82. The Kier molecular flexibility index (Phi) is 3.93. The Balaban J connectivity index is 2.90. The van der Waals surface area contributed by atoms with Crippen molar-refractivity contribution in [3.63, 3.8) is 0 Å². The van der Waals surface area contributed by atoms with E-state index >= 15 is 0 Å². The van der Waals surface area contributed by atoms with E-state index in [-0.39, 0.29) is 11.1 Å². The average Bonchev–Trinajstić information content (AvgIpc) is 2.14. The second-order valence-electron chi connectivity index (χ2n) is 3.12. The van der Waals surface area contributed by atoms with E-state index in [9.17, 15) is 21.6 Å². The molecule has 90 valence electrons. The van der Waals surface area contributed by atoms with E-state index < -0.39 is 29.0 Å². The molecule has 0 saturated carbocycles. The molecule has 0 spiro atoms. The molecule has 0 heterocycles. The highest BCUT2D eigenvalue weighted by molar-refractivity contribution is 7.85. The van der Waals surface area contributed by atoms with Crippen LogP contribution in [-0.4, -0.2) is 14.7 Å². The van der Waals surface area contributed by atoms with Crippen molar-refractivity contribution in [1.82, 2.24) is 0 Å². The summed E-state index contributed by atoms with van der Waals surface area (Å²) in [6.45, 7) is -0.592. The third-order valence-corrected chi connectivity index (χ3v) is 2.30. The molecule has 0 fully saturated rings. The summed E-state index contributed by atoms with van der Waals surface area (Å²) in [5, 5.41) is 0. The van der Waals surface area contributed by atoms with Gasteiger partial charge < -0.3 is 0 Å². The minimum absolute atomic E-state index is 0.219. The van der Waals surface area contributed by atoms with Gasteiger partial charge in [-0.25, -0.2) is 13.2 Å². The van der Waals surface area contributed by atoms with Crippen LogP contribution in [-0.2, 0) is 20.9 Å². The monoisotopic (exact) mass is 254 g/mol. The zero-order valence-electron chi connectivity index (χ0n) is 8.28. The van der Waals surface area contributed by atoms with Gasteiger partial charge in [-0.1, -0.05) is 6.07 Å². The number of benzene rings is 1. The fourth-order valence-electron chi connectivity index (χ4n) is 1.01. The Morgan fingerprint density at radius 2 is 2.00 bits per heavy atom. The normalized spacial score (nSPS) is 12.1. The molecule has 1 rings (SSSR count). The zero-order chi connectivity index (χ0) is 12.3. The molecule has 0 aliphatic rings. The quantitative estimate of drug-likeness (QED) is 0.774. The van der Waals surface area contributed by atoms with Gasteiger partial charge in [0.25, 0.3) is 16.5 Å². The maximum Gasteiger partial charge on any atom is 0.264 e. The van der Waals surface area contributed by atoms with Gasteiger partial charge in [-0.3, -0.25) is 4.18 Å². The summed E-state index contributed by atoms with van der Waals surface area (Å²) in [7, 11) is -3.73. The fraction of sp³-hybridized carbons (Fsp3) is 0.333. The highest BCUT2D eigenvalue weighted by Gasteiger charge is 2.12. The van der Waals surface area contributed by atoms with Gasteiger partial charge >= 0.3 is 0 Å². The van der Waals surface area contributed by atoms with Crippen molar-refractivity contribution >= 4 is 10.1 Å². The van der Waals surface area contributed by atoms with Crippen LogP contribution >= 0.6 is 0 Å². The fourth-order valence-corrected chi connectivity index (χ4v) is 1.35. The molecule has 0 radical (unpaired) electrons. The lowest BCUT2D eigenvalue weighted by Gasteiger charge is -2.06. The van der Waals surface area contributed by atoms with Gasteiger partial charge in [0.1, 0.15) is 5.82 Å².